The highest BCUT2D eigenvalue weighted by atomic mass is 35.5. The minimum atomic E-state index is -4.53. The number of alkyl halides is 3. The average molecular weight is 386 g/mol. The third-order valence-electron chi connectivity index (χ3n) is 3.05. The van der Waals surface area contributed by atoms with Gasteiger partial charge in [-0.1, -0.05) is 29.4 Å². The molecule has 4 nitrogen and oxygen atoms in total. The van der Waals surface area contributed by atoms with Crippen LogP contribution < -0.4 is 5.32 Å². The van der Waals surface area contributed by atoms with E-state index in [-0.39, 0.29) is 10.0 Å². The Morgan fingerprint density at radius 2 is 2.12 bits per heavy atom. The molecule has 0 radical (unpaired) electrons. The van der Waals surface area contributed by atoms with E-state index in [1.54, 1.807) is 25.1 Å². The first-order valence-electron chi connectivity index (χ1n) is 6.91. The first kappa shape index (κ1) is 19.1. The molecule has 1 heterocycles. The molecule has 0 aliphatic carbocycles. The first-order chi connectivity index (χ1) is 11.7. The third kappa shape index (κ3) is 5.11. The summed E-state index contributed by atoms with van der Waals surface area (Å²) in [6, 6.07) is 9.09. The molecule has 0 fully saturated rings. The lowest BCUT2D eigenvalue weighted by Gasteiger charge is -2.13. The van der Waals surface area contributed by atoms with Crippen molar-refractivity contribution < 1.29 is 18.0 Å². The predicted octanol–water partition coefficient (Wildman–Crippen LogP) is 4.74. The maximum atomic E-state index is 12.6. The molecular formula is C16H11ClF3N3OS. The van der Waals surface area contributed by atoms with Gasteiger partial charge in [0.15, 0.2) is 0 Å². The Kier molecular flexibility index (Phi) is 5.93. The van der Waals surface area contributed by atoms with Crippen molar-refractivity contribution in [3.8, 4) is 6.07 Å². The molecule has 0 aliphatic heterocycles. The molecule has 2 rings (SSSR count). The summed E-state index contributed by atoms with van der Waals surface area (Å²) >= 11 is 6.77. The monoisotopic (exact) mass is 385 g/mol. The van der Waals surface area contributed by atoms with Gasteiger partial charge in [0.2, 0.25) is 5.91 Å². The van der Waals surface area contributed by atoms with E-state index in [0.717, 1.165) is 17.8 Å². The van der Waals surface area contributed by atoms with Gasteiger partial charge in [0.25, 0.3) is 0 Å². The summed E-state index contributed by atoms with van der Waals surface area (Å²) < 4.78 is 37.8. The number of aromatic nitrogens is 1. The number of carbonyl (C=O) groups is 1. The molecule has 1 atom stereocenters. The first-order valence-corrected chi connectivity index (χ1v) is 8.17. The quantitative estimate of drug-likeness (QED) is 0.771. The van der Waals surface area contributed by atoms with Crippen LogP contribution in [0.15, 0.2) is 41.6 Å². The van der Waals surface area contributed by atoms with Crippen LogP contribution in [0.1, 0.15) is 18.1 Å². The molecule has 1 amide bonds. The van der Waals surface area contributed by atoms with Crippen molar-refractivity contribution in [2.75, 3.05) is 5.32 Å². The van der Waals surface area contributed by atoms with Crippen LogP contribution in [0.5, 0.6) is 0 Å². The zero-order chi connectivity index (χ0) is 18.6. The lowest BCUT2D eigenvalue weighted by atomic mass is 10.2. The van der Waals surface area contributed by atoms with Crippen molar-refractivity contribution in [2.45, 2.75) is 23.4 Å². The van der Waals surface area contributed by atoms with Crippen molar-refractivity contribution in [1.29, 1.82) is 5.26 Å². The van der Waals surface area contributed by atoms with Gasteiger partial charge in [0.1, 0.15) is 5.03 Å². The minimum absolute atomic E-state index is 0.128. The maximum absolute atomic E-state index is 12.6. The summed E-state index contributed by atoms with van der Waals surface area (Å²) in [4.78, 5) is 15.9. The Morgan fingerprint density at radius 1 is 1.40 bits per heavy atom. The third-order valence-corrected chi connectivity index (χ3v) is 4.57. The molecule has 1 aromatic carbocycles. The molecule has 25 heavy (non-hydrogen) atoms. The van der Waals surface area contributed by atoms with E-state index in [1.165, 1.54) is 6.07 Å². The zero-order valence-electron chi connectivity index (χ0n) is 12.8. The summed E-state index contributed by atoms with van der Waals surface area (Å²) in [5.74, 6) is -0.391. The van der Waals surface area contributed by atoms with Crippen molar-refractivity contribution >= 4 is 35.0 Å². The van der Waals surface area contributed by atoms with E-state index < -0.39 is 22.9 Å². The number of nitrogens with zero attached hydrogens (tertiary/aromatic N) is 2. The second-order valence-electron chi connectivity index (χ2n) is 4.95. The largest absolute Gasteiger partial charge is 0.417 e. The van der Waals surface area contributed by atoms with Gasteiger partial charge in [-0.3, -0.25) is 4.79 Å². The van der Waals surface area contributed by atoms with Crippen molar-refractivity contribution in [2.24, 2.45) is 0 Å². The van der Waals surface area contributed by atoms with Gasteiger partial charge in [0, 0.05) is 11.9 Å². The molecule has 0 spiro atoms. The van der Waals surface area contributed by atoms with Crippen molar-refractivity contribution in [3.63, 3.8) is 0 Å². The van der Waals surface area contributed by atoms with E-state index in [0.29, 0.717) is 17.4 Å². The fourth-order valence-electron chi connectivity index (χ4n) is 1.80. The number of thioether (sulfide) groups is 1. The smallest absolute Gasteiger partial charge is 0.325 e. The molecule has 2 aromatic rings. The van der Waals surface area contributed by atoms with Crippen molar-refractivity contribution in [1.82, 2.24) is 4.98 Å². The second kappa shape index (κ2) is 7.76. The molecule has 1 N–H and O–H groups in total. The Labute approximate surface area is 151 Å². The number of halogens is 4. The van der Waals surface area contributed by atoms with Gasteiger partial charge in [-0.15, -0.1) is 0 Å². The van der Waals surface area contributed by atoms with Gasteiger partial charge in [-0.25, -0.2) is 4.98 Å². The standard InChI is InChI=1S/C16H11ClF3N3OS/c1-9(14(24)23-12-4-2-3-10(5-12)7-21)25-15-13(17)6-11(8-22-15)16(18,19)20/h2-6,8-9H,1H3,(H,23,24). The van der Waals surface area contributed by atoms with Crippen LogP contribution in [0, 0.1) is 11.3 Å². The number of nitrogens with one attached hydrogen (secondary N) is 1. The minimum Gasteiger partial charge on any atom is -0.325 e. The highest BCUT2D eigenvalue weighted by molar-refractivity contribution is 8.00. The molecule has 1 unspecified atom stereocenters. The number of benzene rings is 1. The van der Waals surface area contributed by atoms with E-state index in [9.17, 15) is 18.0 Å². The maximum Gasteiger partial charge on any atom is 0.417 e. The normalized spacial score (nSPS) is 12.3. The SMILES string of the molecule is CC(Sc1ncc(C(F)(F)F)cc1Cl)C(=O)Nc1cccc(C#N)c1. The number of amides is 1. The van der Waals surface area contributed by atoms with Crippen LogP contribution in [-0.4, -0.2) is 16.1 Å². The van der Waals surface area contributed by atoms with Crippen LogP contribution in [0.2, 0.25) is 5.02 Å². The average Bonchev–Trinajstić information content (AvgIpc) is 2.55. The molecule has 0 saturated heterocycles. The van der Waals surface area contributed by atoms with Crippen molar-refractivity contribution in [3.05, 3.63) is 52.7 Å². The number of anilines is 1. The van der Waals surface area contributed by atoms with Crippen LogP contribution in [0.4, 0.5) is 18.9 Å². The Morgan fingerprint density at radius 3 is 2.72 bits per heavy atom. The van der Waals surface area contributed by atoms with Gasteiger partial charge in [-0.2, -0.15) is 18.4 Å². The van der Waals surface area contributed by atoms with Gasteiger partial charge in [-0.05, 0) is 31.2 Å². The number of nitriles is 1. The number of pyridine rings is 1. The molecule has 0 aliphatic rings. The van der Waals surface area contributed by atoms with E-state index in [4.69, 9.17) is 16.9 Å². The molecule has 0 saturated carbocycles. The molecular weight excluding hydrogens is 375 g/mol. The fraction of sp³-hybridized carbons (Fsp3) is 0.188. The van der Waals surface area contributed by atoms with Crippen LogP contribution in [0.25, 0.3) is 0 Å². The summed E-state index contributed by atoms with van der Waals surface area (Å²) in [5, 5.41) is 10.8. The van der Waals surface area contributed by atoms with Gasteiger partial charge in [0.05, 0.1) is 27.5 Å². The second-order valence-corrected chi connectivity index (χ2v) is 6.69. The number of hydrogen-bond acceptors (Lipinski definition) is 4. The summed E-state index contributed by atoms with van der Waals surface area (Å²) in [5.41, 5.74) is -0.110. The molecule has 9 heteroatoms. The summed E-state index contributed by atoms with van der Waals surface area (Å²) in [7, 11) is 0. The Hall–Kier alpha value is -2.24. The molecule has 0 bridgehead atoms. The van der Waals surface area contributed by atoms with Crippen LogP contribution >= 0.6 is 23.4 Å². The Balaban J connectivity index is 2.07. The van der Waals surface area contributed by atoms with Crippen LogP contribution in [0.3, 0.4) is 0 Å². The number of rotatable bonds is 4. The molecule has 130 valence electrons. The van der Waals surface area contributed by atoms with Crippen LogP contribution in [-0.2, 0) is 11.0 Å². The summed E-state index contributed by atoms with van der Waals surface area (Å²) in [6.07, 6.45) is -3.86. The predicted molar refractivity (Wildman–Crippen MR) is 89.4 cm³/mol. The zero-order valence-corrected chi connectivity index (χ0v) is 14.3. The molecule has 1 aromatic heterocycles. The fourth-order valence-corrected chi connectivity index (χ4v) is 2.88. The topological polar surface area (TPSA) is 65.8 Å². The highest BCUT2D eigenvalue weighted by Crippen LogP contribution is 2.35. The Bertz CT molecular complexity index is 836. The van der Waals surface area contributed by atoms with Gasteiger partial charge < -0.3 is 5.32 Å². The van der Waals surface area contributed by atoms with Gasteiger partial charge >= 0.3 is 6.18 Å². The van der Waals surface area contributed by atoms with E-state index in [2.05, 4.69) is 10.3 Å². The van der Waals surface area contributed by atoms with E-state index >= 15 is 0 Å². The lowest BCUT2D eigenvalue weighted by molar-refractivity contribution is -0.137. The summed E-state index contributed by atoms with van der Waals surface area (Å²) in [6.45, 7) is 1.57. The number of carbonyl (C=O) groups excluding carboxylic acids is 1. The highest BCUT2D eigenvalue weighted by Gasteiger charge is 2.32. The van der Waals surface area contributed by atoms with E-state index in [1.807, 2.05) is 6.07 Å². The number of hydrogen-bond donors (Lipinski definition) is 1. The lowest BCUT2D eigenvalue weighted by Crippen LogP contribution is -2.22.